The molecule has 2 aliphatic carbocycles. The third-order valence-corrected chi connectivity index (χ3v) is 7.55. The topological polar surface area (TPSA) is 70.1 Å². The van der Waals surface area contributed by atoms with Gasteiger partial charge in [-0.25, -0.2) is 0 Å². The summed E-state index contributed by atoms with van der Waals surface area (Å²) >= 11 is 2.92. The number of aryl methyl sites for hydroxylation is 1. The fraction of sp³-hybridized carbons (Fsp3) is 0.632. The molecule has 3 fully saturated rings. The number of rotatable bonds is 6. The molecule has 2 aromatic rings. The first kappa shape index (κ1) is 22.9. The SMILES string of the molecule is Cc1nnc(NC(=O)c2cc(C3CC3NC3CCN(C4CC4)CC3)cs2)s1.Cl.Cl. The van der Waals surface area contributed by atoms with Crippen molar-refractivity contribution in [1.29, 1.82) is 0 Å². The number of nitrogens with one attached hydrogen (secondary N) is 2. The first-order valence-electron chi connectivity index (χ1n) is 9.85. The van der Waals surface area contributed by atoms with E-state index in [1.165, 1.54) is 73.4 Å². The maximum absolute atomic E-state index is 12.4. The molecule has 2 saturated carbocycles. The molecule has 6 nitrogen and oxygen atoms in total. The van der Waals surface area contributed by atoms with Crippen molar-refractivity contribution in [3.8, 4) is 0 Å². The Hall–Kier alpha value is -0.770. The molecule has 160 valence electrons. The number of likely N-dealkylation sites (tertiary alicyclic amines) is 1. The van der Waals surface area contributed by atoms with Crippen LogP contribution < -0.4 is 10.6 Å². The Kier molecular flexibility index (Phi) is 7.56. The van der Waals surface area contributed by atoms with Crippen LogP contribution in [0.15, 0.2) is 11.4 Å². The van der Waals surface area contributed by atoms with Gasteiger partial charge in [-0.3, -0.25) is 10.1 Å². The fourth-order valence-electron chi connectivity index (χ4n) is 4.09. The molecule has 1 saturated heterocycles. The van der Waals surface area contributed by atoms with Crippen molar-refractivity contribution in [2.75, 3.05) is 18.4 Å². The lowest BCUT2D eigenvalue weighted by Crippen LogP contribution is -2.44. The van der Waals surface area contributed by atoms with Crippen LogP contribution in [0.4, 0.5) is 5.13 Å². The highest BCUT2D eigenvalue weighted by atomic mass is 35.5. The monoisotopic (exact) mass is 475 g/mol. The molecule has 5 rings (SSSR count). The van der Waals surface area contributed by atoms with Gasteiger partial charge in [0, 0.05) is 24.0 Å². The average Bonchev–Trinajstić information content (AvgIpc) is 3.56. The normalized spacial score (nSPS) is 24.4. The number of hydrogen-bond donors (Lipinski definition) is 2. The number of thiophene rings is 1. The molecule has 2 aromatic heterocycles. The molecular weight excluding hydrogens is 449 g/mol. The first-order chi connectivity index (χ1) is 13.2. The number of aromatic nitrogens is 2. The zero-order chi connectivity index (χ0) is 18.4. The number of hydrogen-bond acceptors (Lipinski definition) is 7. The Morgan fingerprint density at radius 2 is 1.93 bits per heavy atom. The van der Waals surface area contributed by atoms with Crippen LogP contribution in [0.3, 0.4) is 0 Å². The number of piperidine rings is 1. The van der Waals surface area contributed by atoms with E-state index in [2.05, 4.69) is 37.2 Å². The van der Waals surface area contributed by atoms with Crippen LogP contribution in [0.5, 0.6) is 0 Å². The highest BCUT2D eigenvalue weighted by Crippen LogP contribution is 2.43. The molecular formula is C19H27Cl2N5OS2. The maximum Gasteiger partial charge on any atom is 0.267 e. The van der Waals surface area contributed by atoms with Gasteiger partial charge in [0.15, 0.2) is 0 Å². The number of amides is 1. The van der Waals surface area contributed by atoms with Gasteiger partial charge in [0.1, 0.15) is 5.01 Å². The van der Waals surface area contributed by atoms with Crippen LogP contribution in [0.2, 0.25) is 0 Å². The fourth-order valence-corrected chi connectivity index (χ4v) is 5.55. The molecule has 3 heterocycles. The molecule has 3 aliphatic rings. The van der Waals surface area contributed by atoms with Gasteiger partial charge < -0.3 is 10.2 Å². The van der Waals surface area contributed by atoms with E-state index in [1.54, 1.807) is 0 Å². The molecule has 10 heteroatoms. The Balaban J connectivity index is 0.00000120. The van der Waals surface area contributed by atoms with Gasteiger partial charge in [-0.1, -0.05) is 11.3 Å². The van der Waals surface area contributed by atoms with Crippen LogP contribution in [0.1, 0.15) is 58.3 Å². The molecule has 0 spiro atoms. The molecule has 2 N–H and O–H groups in total. The number of carbonyl (C=O) groups is 1. The molecule has 1 aliphatic heterocycles. The van der Waals surface area contributed by atoms with Crippen molar-refractivity contribution >= 4 is 58.5 Å². The lowest BCUT2D eigenvalue weighted by molar-refractivity contribution is 0.103. The predicted molar refractivity (Wildman–Crippen MR) is 123 cm³/mol. The van der Waals surface area contributed by atoms with Crippen LogP contribution in [-0.4, -0.2) is 52.2 Å². The first-order valence-corrected chi connectivity index (χ1v) is 11.6. The van der Waals surface area contributed by atoms with E-state index in [1.807, 2.05) is 6.92 Å². The van der Waals surface area contributed by atoms with E-state index in [4.69, 9.17) is 0 Å². The van der Waals surface area contributed by atoms with Crippen LogP contribution in [0.25, 0.3) is 0 Å². The Morgan fingerprint density at radius 1 is 1.17 bits per heavy atom. The van der Waals surface area contributed by atoms with Crippen molar-refractivity contribution in [2.45, 2.75) is 63.1 Å². The lowest BCUT2D eigenvalue weighted by atomic mass is 10.0. The molecule has 2 unspecified atom stereocenters. The van der Waals surface area contributed by atoms with Gasteiger partial charge in [-0.05, 0) is 69.1 Å². The molecule has 2 atom stereocenters. The van der Waals surface area contributed by atoms with E-state index in [9.17, 15) is 4.79 Å². The summed E-state index contributed by atoms with van der Waals surface area (Å²) in [5, 5.41) is 18.2. The van der Waals surface area contributed by atoms with Crippen LogP contribution in [0, 0.1) is 6.92 Å². The third kappa shape index (κ3) is 5.48. The van der Waals surface area contributed by atoms with Crippen LogP contribution >= 0.6 is 47.5 Å². The number of anilines is 1. The number of nitrogens with zero attached hydrogens (tertiary/aromatic N) is 3. The predicted octanol–water partition coefficient (Wildman–Crippen LogP) is 4.08. The van der Waals surface area contributed by atoms with Crippen molar-refractivity contribution in [2.24, 2.45) is 0 Å². The summed E-state index contributed by atoms with van der Waals surface area (Å²) in [7, 11) is 0. The molecule has 0 bridgehead atoms. The van der Waals surface area contributed by atoms with Gasteiger partial charge >= 0.3 is 0 Å². The summed E-state index contributed by atoms with van der Waals surface area (Å²) in [5.74, 6) is 0.480. The number of carbonyl (C=O) groups excluding carboxylic acids is 1. The second kappa shape index (κ2) is 9.58. The van der Waals surface area contributed by atoms with Gasteiger partial charge in [0.05, 0.1) is 4.88 Å². The summed E-state index contributed by atoms with van der Waals surface area (Å²) in [6.45, 7) is 4.40. The second-order valence-corrected chi connectivity index (χ2v) is 10.1. The minimum Gasteiger partial charge on any atom is -0.311 e. The molecule has 0 aromatic carbocycles. The minimum absolute atomic E-state index is 0. The zero-order valence-electron chi connectivity index (χ0n) is 16.3. The Morgan fingerprint density at radius 3 is 2.59 bits per heavy atom. The van der Waals surface area contributed by atoms with Gasteiger partial charge in [0.2, 0.25) is 5.13 Å². The smallest absolute Gasteiger partial charge is 0.267 e. The van der Waals surface area contributed by atoms with Gasteiger partial charge in [-0.2, -0.15) is 0 Å². The van der Waals surface area contributed by atoms with Crippen molar-refractivity contribution in [3.05, 3.63) is 26.9 Å². The lowest BCUT2D eigenvalue weighted by Gasteiger charge is -2.32. The highest BCUT2D eigenvalue weighted by Gasteiger charge is 2.41. The number of halogens is 2. The molecule has 0 radical (unpaired) electrons. The van der Waals surface area contributed by atoms with E-state index >= 15 is 0 Å². The summed E-state index contributed by atoms with van der Waals surface area (Å²) in [6.07, 6.45) is 6.57. The van der Waals surface area contributed by atoms with Crippen molar-refractivity contribution in [3.63, 3.8) is 0 Å². The quantitative estimate of drug-likeness (QED) is 0.658. The van der Waals surface area contributed by atoms with E-state index in [0.717, 1.165) is 15.9 Å². The standard InChI is InChI=1S/C19H25N5OS2.2ClH/c1-11-22-23-19(27-11)21-18(25)17-8-12(10-26-17)15-9-16(15)20-13-4-6-24(7-5-13)14-2-3-14;;/h8,10,13-16,20H,2-7,9H2,1H3,(H,21,23,25);2*1H. The Labute approximate surface area is 191 Å². The second-order valence-electron chi connectivity index (χ2n) is 7.98. The van der Waals surface area contributed by atoms with Crippen LogP contribution in [-0.2, 0) is 0 Å². The van der Waals surface area contributed by atoms with E-state index in [0.29, 0.717) is 23.1 Å². The highest BCUT2D eigenvalue weighted by molar-refractivity contribution is 7.15. The largest absolute Gasteiger partial charge is 0.311 e. The third-order valence-electron chi connectivity index (χ3n) is 5.85. The average molecular weight is 476 g/mol. The molecule has 29 heavy (non-hydrogen) atoms. The maximum atomic E-state index is 12.4. The van der Waals surface area contributed by atoms with E-state index in [-0.39, 0.29) is 30.7 Å². The molecule has 1 amide bonds. The van der Waals surface area contributed by atoms with Crippen molar-refractivity contribution < 1.29 is 4.79 Å². The summed E-state index contributed by atoms with van der Waals surface area (Å²) in [4.78, 5) is 15.8. The summed E-state index contributed by atoms with van der Waals surface area (Å²) in [6, 6.07) is 4.20. The van der Waals surface area contributed by atoms with Crippen molar-refractivity contribution in [1.82, 2.24) is 20.4 Å². The Bertz CT molecular complexity index is 832. The zero-order valence-corrected chi connectivity index (χ0v) is 19.6. The minimum atomic E-state index is -0.0833. The van der Waals surface area contributed by atoms with E-state index < -0.39 is 0 Å². The van der Waals surface area contributed by atoms with Gasteiger partial charge in [0.25, 0.3) is 5.91 Å². The van der Waals surface area contributed by atoms with Gasteiger partial charge in [-0.15, -0.1) is 46.3 Å². The summed E-state index contributed by atoms with van der Waals surface area (Å²) < 4.78 is 0. The summed E-state index contributed by atoms with van der Waals surface area (Å²) in [5.41, 5.74) is 1.30.